The first-order valence-electron chi connectivity index (χ1n) is 10.4. The molecule has 0 atom stereocenters. The second kappa shape index (κ2) is 8.37. The van der Waals surface area contributed by atoms with Gasteiger partial charge in [0.2, 0.25) is 5.91 Å². The molecular weight excluding hydrogens is 412 g/mol. The number of benzene rings is 2. The highest BCUT2D eigenvalue weighted by Crippen LogP contribution is 2.28. The molecule has 2 aromatic heterocycles. The number of ether oxygens (including phenoxy) is 1. The third kappa shape index (κ3) is 4.32. The Hall–Kier alpha value is -2.81. The van der Waals surface area contributed by atoms with Gasteiger partial charge in [-0.1, -0.05) is 28.6 Å². The predicted octanol–water partition coefficient (Wildman–Crippen LogP) is 4.07. The molecule has 160 valence electrons. The Kier molecular flexibility index (Phi) is 5.43. The summed E-state index contributed by atoms with van der Waals surface area (Å²) in [7, 11) is 0. The molecule has 3 heterocycles. The first-order chi connectivity index (χ1) is 15.0. The normalized spacial score (nSPS) is 15.0. The van der Waals surface area contributed by atoms with Crippen LogP contribution in [0.1, 0.15) is 22.4 Å². The number of hydrogen-bond acceptors (Lipinski definition) is 7. The van der Waals surface area contributed by atoms with E-state index in [9.17, 15) is 4.79 Å². The fourth-order valence-corrected chi connectivity index (χ4v) is 4.97. The first kappa shape index (κ1) is 20.1. The van der Waals surface area contributed by atoms with Gasteiger partial charge in [-0.05, 0) is 48.7 Å². The van der Waals surface area contributed by atoms with Crippen molar-refractivity contribution in [2.45, 2.75) is 26.8 Å². The Morgan fingerprint density at radius 1 is 1.19 bits per heavy atom. The summed E-state index contributed by atoms with van der Waals surface area (Å²) < 4.78 is 11.9. The maximum absolute atomic E-state index is 12.7. The van der Waals surface area contributed by atoms with Crippen LogP contribution in [-0.4, -0.2) is 47.3 Å². The Balaban J connectivity index is 1.29. The molecule has 0 radical (unpaired) electrons. The van der Waals surface area contributed by atoms with Crippen LogP contribution in [0.2, 0.25) is 0 Å². The van der Waals surface area contributed by atoms with Gasteiger partial charge in [0.1, 0.15) is 5.69 Å². The van der Waals surface area contributed by atoms with E-state index in [2.05, 4.69) is 32.5 Å². The number of nitrogens with one attached hydrogen (secondary N) is 1. The van der Waals surface area contributed by atoms with Crippen molar-refractivity contribution in [1.29, 1.82) is 0 Å². The Labute approximate surface area is 184 Å². The van der Waals surface area contributed by atoms with Crippen LogP contribution < -0.4 is 5.32 Å². The van der Waals surface area contributed by atoms with E-state index in [4.69, 9.17) is 9.26 Å². The number of anilines is 1. The lowest BCUT2D eigenvalue weighted by Gasteiger charge is -2.26. The summed E-state index contributed by atoms with van der Waals surface area (Å²) in [6.07, 6.45) is 0.147. The minimum Gasteiger partial charge on any atom is -0.379 e. The molecule has 1 amide bonds. The number of aryl methyl sites for hydroxylation is 2. The number of nitrogens with zero attached hydrogens (tertiary/aromatic N) is 3. The van der Waals surface area contributed by atoms with Crippen molar-refractivity contribution in [1.82, 2.24) is 15.0 Å². The minimum absolute atomic E-state index is 0.147. The van der Waals surface area contributed by atoms with Crippen LogP contribution in [0.15, 0.2) is 34.9 Å². The summed E-state index contributed by atoms with van der Waals surface area (Å²) in [5, 5.41) is 8.54. The molecule has 1 saturated heterocycles. The van der Waals surface area contributed by atoms with Gasteiger partial charge in [0.25, 0.3) is 0 Å². The van der Waals surface area contributed by atoms with E-state index in [-0.39, 0.29) is 12.3 Å². The second-order valence-electron chi connectivity index (χ2n) is 8.02. The van der Waals surface area contributed by atoms with Gasteiger partial charge in [0, 0.05) is 25.0 Å². The molecule has 0 spiro atoms. The molecule has 2 aromatic carbocycles. The molecule has 0 saturated carbocycles. The smallest absolute Gasteiger partial charge is 0.232 e. The first-order valence-corrected chi connectivity index (χ1v) is 11.2. The van der Waals surface area contributed by atoms with E-state index in [1.807, 2.05) is 32.0 Å². The van der Waals surface area contributed by atoms with Gasteiger partial charge < -0.3 is 14.6 Å². The Morgan fingerprint density at radius 2 is 2.03 bits per heavy atom. The number of thiazole rings is 1. The number of rotatable bonds is 5. The molecule has 7 nitrogen and oxygen atoms in total. The summed E-state index contributed by atoms with van der Waals surface area (Å²) >= 11 is 1.49. The molecule has 1 aliphatic rings. The number of carbonyl (C=O) groups is 1. The van der Waals surface area contributed by atoms with Gasteiger partial charge in [0.05, 0.1) is 29.9 Å². The van der Waals surface area contributed by atoms with Gasteiger partial charge in [-0.3, -0.25) is 9.69 Å². The average molecular weight is 437 g/mol. The van der Waals surface area contributed by atoms with Crippen molar-refractivity contribution in [2.24, 2.45) is 0 Å². The van der Waals surface area contributed by atoms with Crippen LogP contribution in [0, 0.1) is 13.8 Å². The predicted molar refractivity (Wildman–Crippen MR) is 122 cm³/mol. The SMILES string of the molecule is Cc1cc(C)c2onc(CC(=O)Nc3nc4ccc(CN5CCOCC5)cc4s3)c2c1. The fraction of sp³-hybridized carbons (Fsp3) is 0.348. The van der Waals surface area contributed by atoms with Crippen LogP contribution in [0.3, 0.4) is 0 Å². The van der Waals surface area contributed by atoms with Crippen molar-refractivity contribution in [2.75, 3.05) is 31.6 Å². The summed E-state index contributed by atoms with van der Waals surface area (Å²) in [5.41, 5.74) is 5.66. The van der Waals surface area contributed by atoms with Crippen molar-refractivity contribution in [3.05, 3.63) is 52.7 Å². The second-order valence-corrected chi connectivity index (χ2v) is 9.05. The molecule has 1 aliphatic heterocycles. The zero-order valence-corrected chi connectivity index (χ0v) is 18.4. The number of hydrogen-bond donors (Lipinski definition) is 1. The molecule has 1 fully saturated rings. The van der Waals surface area contributed by atoms with Crippen LogP contribution >= 0.6 is 11.3 Å². The van der Waals surface area contributed by atoms with Gasteiger partial charge in [-0.2, -0.15) is 0 Å². The molecule has 5 rings (SSSR count). The van der Waals surface area contributed by atoms with E-state index in [0.717, 1.165) is 65.2 Å². The molecule has 0 aliphatic carbocycles. The number of amides is 1. The molecule has 0 bridgehead atoms. The molecular formula is C23H24N4O3S. The van der Waals surface area contributed by atoms with Crippen molar-refractivity contribution in [3.63, 3.8) is 0 Å². The van der Waals surface area contributed by atoms with Crippen LogP contribution in [0.4, 0.5) is 5.13 Å². The highest BCUT2D eigenvalue weighted by atomic mass is 32.1. The maximum Gasteiger partial charge on any atom is 0.232 e. The van der Waals surface area contributed by atoms with Gasteiger partial charge in [0.15, 0.2) is 10.7 Å². The molecule has 1 N–H and O–H groups in total. The van der Waals surface area contributed by atoms with Crippen molar-refractivity contribution < 1.29 is 14.1 Å². The van der Waals surface area contributed by atoms with Gasteiger partial charge in [-0.15, -0.1) is 0 Å². The maximum atomic E-state index is 12.7. The van der Waals surface area contributed by atoms with Crippen LogP contribution in [0.25, 0.3) is 21.2 Å². The number of carbonyl (C=O) groups excluding carboxylic acids is 1. The average Bonchev–Trinajstić information content (AvgIpc) is 3.32. The van der Waals surface area contributed by atoms with Gasteiger partial charge >= 0.3 is 0 Å². The summed E-state index contributed by atoms with van der Waals surface area (Å²) in [6, 6.07) is 10.3. The minimum atomic E-state index is -0.151. The lowest BCUT2D eigenvalue weighted by atomic mass is 10.1. The van der Waals surface area contributed by atoms with E-state index in [1.54, 1.807) is 0 Å². The van der Waals surface area contributed by atoms with Crippen LogP contribution in [0.5, 0.6) is 0 Å². The van der Waals surface area contributed by atoms with Crippen molar-refractivity contribution in [3.8, 4) is 0 Å². The lowest BCUT2D eigenvalue weighted by molar-refractivity contribution is -0.115. The summed E-state index contributed by atoms with van der Waals surface area (Å²) in [6.45, 7) is 8.40. The summed E-state index contributed by atoms with van der Waals surface area (Å²) in [5.74, 6) is -0.151. The third-order valence-corrected chi connectivity index (χ3v) is 6.45. The zero-order chi connectivity index (χ0) is 21.4. The van der Waals surface area contributed by atoms with E-state index >= 15 is 0 Å². The molecule has 0 unspecified atom stereocenters. The largest absolute Gasteiger partial charge is 0.379 e. The number of fused-ring (bicyclic) bond motifs is 2. The quantitative estimate of drug-likeness (QED) is 0.508. The number of morpholine rings is 1. The Bertz CT molecular complexity index is 1260. The highest BCUT2D eigenvalue weighted by molar-refractivity contribution is 7.22. The third-order valence-electron chi connectivity index (χ3n) is 5.51. The fourth-order valence-electron chi connectivity index (χ4n) is 4.02. The molecule has 8 heteroatoms. The highest BCUT2D eigenvalue weighted by Gasteiger charge is 2.16. The molecule has 4 aromatic rings. The van der Waals surface area contributed by atoms with E-state index < -0.39 is 0 Å². The van der Waals surface area contributed by atoms with E-state index in [1.165, 1.54) is 16.9 Å². The van der Waals surface area contributed by atoms with Crippen molar-refractivity contribution >= 4 is 43.6 Å². The summed E-state index contributed by atoms with van der Waals surface area (Å²) in [4.78, 5) is 19.6. The monoisotopic (exact) mass is 436 g/mol. The Morgan fingerprint density at radius 3 is 2.87 bits per heavy atom. The molecule has 31 heavy (non-hydrogen) atoms. The zero-order valence-electron chi connectivity index (χ0n) is 17.6. The van der Waals surface area contributed by atoms with Crippen LogP contribution in [-0.2, 0) is 22.5 Å². The topological polar surface area (TPSA) is 80.5 Å². The lowest BCUT2D eigenvalue weighted by Crippen LogP contribution is -2.35. The standard InChI is InChI=1S/C23H24N4O3S/c1-14-9-15(2)22-17(10-14)19(26-30-22)12-21(28)25-23-24-18-4-3-16(11-20(18)31-23)13-27-5-7-29-8-6-27/h3-4,9-11H,5-8,12-13H2,1-2H3,(H,24,25,28). The number of aromatic nitrogens is 2. The van der Waals surface area contributed by atoms with E-state index in [0.29, 0.717) is 10.8 Å². The van der Waals surface area contributed by atoms with Gasteiger partial charge in [-0.25, -0.2) is 4.98 Å².